The Bertz CT molecular complexity index is 408. The van der Waals surface area contributed by atoms with Crippen molar-refractivity contribution in [2.45, 2.75) is 58.2 Å². The number of hydrogen-bond acceptors (Lipinski definition) is 5. The molecule has 0 aliphatic carbocycles. The summed E-state index contributed by atoms with van der Waals surface area (Å²) < 4.78 is 4.41. The van der Waals surface area contributed by atoms with Crippen molar-refractivity contribution in [3.63, 3.8) is 0 Å². The molecule has 0 amide bonds. The number of hydrogen-bond donors (Lipinski definition) is 4. The van der Waals surface area contributed by atoms with E-state index in [1.807, 2.05) is 0 Å². The monoisotopic (exact) mass is 316 g/mol. The molecule has 1 aromatic rings. The molecule has 0 spiro atoms. The van der Waals surface area contributed by atoms with Gasteiger partial charge in [0, 0.05) is 0 Å². The first-order valence-electron chi connectivity index (χ1n) is 7.31. The predicted molar refractivity (Wildman–Crippen MR) is 78.8 cm³/mol. The van der Waals surface area contributed by atoms with Crippen molar-refractivity contribution >= 4 is 11.9 Å². The molecule has 22 heavy (non-hydrogen) atoms. The van der Waals surface area contributed by atoms with Crippen molar-refractivity contribution in [3.05, 3.63) is 23.7 Å². The maximum Gasteiger partial charge on any atom is 0.371 e. The molecule has 0 aromatic carbocycles. The highest BCUT2D eigenvalue weighted by atomic mass is 16.5. The van der Waals surface area contributed by atoms with E-state index in [0.717, 1.165) is 25.0 Å². The van der Waals surface area contributed by atoms with E-state index in [1.54, 1.807) is 0 Å². The Morgan fingerprint density at radius 2 is 1.41 bits per heavy atom. The Morgan fingerprint density at radius 3 is 1.77 bits per heavy atom. The fraction of sp³-hybridized carbons (Fsp3) is 0.600. The number of aliphatic hydroxyl groups excluding tert-OH is 1. The van der Waals surface area contributed by atoms with Crippen LogP contribution in [0, 0.1) is 0 Å². The second-order valence-electron chi connectivity index (χ2n) is 4.81. The third kappa shape index (κ3) is 9.95. The van der Waals surface area contributed by atoms with Crippen molar-refractivity contribution in [1.82, 2.24) is 0 Å². The number of carboxylic acid groups (broad SMARTS) is 2. The molecule has 1 heterocycles. The van der Waals surface area contributed by atoms with Crippen LogP contribution in [0.5, 0.6) is 0 Å². The normalized spacial score (nSPS) is 10.2. The van der Waals surface area contributed by atoms with Crippen molar-refractivity contribution in [1.29, 1.82) is 0 Å². The quantitative estimate of drug-likeness (QED) is 0.407. The minimum Gasteiger partial charge on any atom is -0.475 e. The van der Waals surface area contributed by atoms with Crippen LogP contribution in [0.25, 0.3) is 0 Å². The van der Waals surface area contributed by atoms with Crippen LogP contribution >= 0.6 is 0 Å². The molecule has 0 fully saturated rings. The maximum atomic E-state index is 10.2. The van der Waals surface area contributed by atoms with Gasteiger partial charge in [0.25, 0.3) is 0 Å². The first kappa shape index (κ1) is 20.1. The fourth-order valence-corrected chi connectivity index (χ4v) is 1.68. The second-order valence-corrected chi connectivity index (χ2v) is 4.81. The Morgan fingerprint density at radius 1 is 0.955 bits per heavy atom. The van der Waals surface area contributed by atoms with E-state index in [-0.39, 0.29) is 11.5 Å². The molecule has 7 heteroatoms. The highest BCUT2D eigenvalue weighted by Crippen LogP contribution is 2.08. The zero-order valence-corrected chi connectivity index (χ0v) is 12.7. The van der Waals surface area contributed by atoms with E-state index < -0.39 is 18.2 Å². The van der Waals surface area contributed by atoms with Gasteiger partial charge in [-0.2, -0.15) is 0 Å². The molecular formula is C15H24O7. The summed E-state index contributed by atoms with van der Waals surface area (Å²) >= 11 is 0. The van der Waals surface area contributed by atoms with Crippen LogP contribution in [0.4, 0.5) is 0 Å². The van der Waals surface area contributed by atoms with Crippen LogP contribution in [-0.4, -0.2) is 38.7 Å². The van der Waals surface area contributed by atoms with E-state index in [2.05, 4.69) is 11.3 Å². The summed E-state index contributed by atoms with van der Waals surface area (Å²) in [7, 11) is 0. The van der Waals surface area contributed by atoms with E-state index in [4.69, 9.17) is 20.4 Å². The minimum atomic E-state index is -1.28. The van der Waals surface area contributed by atoms with Gasteiger partial charge in [0.2, 0.25) is 11.5 Å². The average molecular weight is 316 g/mol. The van der Waals surface area contributed by atoms with E-state index >= 15 is 0 Å². The molecule has 0 atom stereocenters. The summed E-state index contributed by atoms with van der Waals surface area (Å²) in [6, 6.07) is 2.18. The lowest BCUT2D eigenvalue weighted by atomic mass is 10.1. The van der Waals surface area contributed by atoms with Crippen molar-refractivity contribution in [2.24, 2.45) is 0 Å². The summed E-state index contributed by atoms with van der Waals surface area (Å²) in [6.45, 7) is 2.19. The summed E-state index contributed by atoms with van der Waals surface area (Å²) in [5.41, 5.74) is 0. The van der Waals surface area contributed by atoms with Gasteiger partial charge in [-0.1, -0.05) is 39.0 Å². The first-order valence-corrected chi connectivity index (χ1v) is 7.31. The van der Waals surface area contributed by atoms with Crippen molar-refractivity contribution in [2.75, 3.05) is 0 Å². The number of carbonyl (C=O) groups is 2. The minimum absolute atomic E-state index is 0.373. The molecular weight excluding hydrogens is 292 g/mol. The fourth-order valence-electron chi connectivity index (χ4n) is 1.68. The molecule has 0 saturated carbocycles. The smallest absolute Gasteiger partial charge is 0.371 e. The molecule has 0 bridgehead atoms. The highest BCUT2D eigenvalue weighted by molar-refractivity contribution is 5.88. The lowest BCUT2D eigenvalue weighted by Gasteiger charge is -2.02. The Balaban J connectivity index is 0.000000401. The summed E-state index contributed by atoms with van der Waals surface area (Å²) in [5.74, 6) is -3.31. The Hall–Kier alpha value is -1.86. The highest BCUT2D eigenvalue weighted by Gasteiger charge is 2.12. The van der Waals surface area contributed by atoms with Crippen LogP contribution in [0.1, 0.15) is 73.0 Å². The van der Waals surface area contributed by atoms with Gasteiger partial charge in [-0.25, -0.2) is 9.59 Å². The van der Waals surface area contributed by atoms with Crippen molar-refractivity contribution in [3.8, 4) is 0 Å². The zero-order chi connectivity index (χ0) is 17.0. The molecule has 1 aromatic heterocycles. The Labute approximate surface area is 129 Å². The summed E-state index contributed by atoms with van der Waals surface area (Å²) in [5, 5.41) is 33.6. The maximum absolute atomic E-state index is 10.2. The average Bonchev–Trinajstić information content (AvgIpc) is 2.93. The molecule has 7 nitrogen and oxygen atoms in total. The van der Waals surface area contributed by atoms with E-state index in [0.29, 0.717) is 6.42 Å². The molecule has 0 radical (unpaired) electrons. The van der Waals surface area contributed by atoms with E-state index in [1.165, 1.54) is 25.7 Å². The number of aliphatic hydroxyl groups is 2. The third-order valence-electron chi connectivity index (χ3n) is 2.84. The van der Waals surface area contributed by atoms with Gasteiger partial charge in [0.1, 0.15) is 0 Å². The Kier molecular flexibility index (Phi) is 10.8. The molecule has 126 valence electrons. The SMILES string of the molecule is CCCCCCCCC(O)O.O=C(O)c1ccc(C(=O)O)o1. The third-order valence-corrected chi connectivity index (χ3v) is 2.84. The van der Waals surface area contributed by atoms with Gasteiger partial charge in [-0.3, -0.25) is 0 Å². The molecule has 0 unspecified atom stereocenters. The second kappa shape index (κ2) is 11.8. The van der Waals surface area contributed by atoms with Crippen LogP contribution in [0.2, 0.25) is 0 Å². The number of rotatable bonds is 9. The number of furan rings is 1. The largest absolute Gasteiger partial charge is 0.475 e. The molecule has 0 aliphatic rings. The van der Waals surface area contributed by atoms with Gasteiger partial charge in [0.05, 0.1) is 0 Å². The van der Waals surface area contributed by atoms with E-state index in [9.17, 15) is 9.59 Å². The lowest BCUT2D eigenvalue weighted by molar-refractivity contribution is -0.0466. The molecule has 0 aliphatic heterocycles. The number of carboxylic acids is 2. The lowest BCUT2D eigenvalue weighted by Crippen LogP contribution is -2.02. The predicted octanol–water partition coefficient (Wildman–Crippen LogP) is 2.72. The van der Waals surface area contributed by atoms with Gasteiger partial charge in [-0.05, 0) is 25.0 Å². The standard InChI is InChI=1S/C9H20O2.C6H4O5/c1-2-3-4-5-6-7-8-9(10)11;7-5(8)3-1-2-4(11-3)6(9)10/h9-11H,2-8H2,1H3;1-2H,(H,7,8)(H,9,10). The van der Waals surface area contributed by atoms with Crippen molar-refractivity contribution < 1.29 is 34.4 Å². The molecule has 1 rings (SSSR count). The van der Waals surface area contributed by atoms with Gasteiger partial charge in [-0.15, -0.1) is 0 Å². The van der Waals surface area contributed by atoms with Crippen LogP contribution in [-0.2, 0) is 0 Å². The molecule has 4 N–H and O–H groups in total. The van der Waals surface area contributed by atoms with Crippen LogP contribution in [0.15, 0.2) is 16.5 Å². The van der Waals surface area contributed by atoms with Gasteiger partial charge < -0.3 is 24.8 Å². The van der Waals surface area contributed by atoms with Crippen LogP contribution in [0.3, 0.4) is 0 Å². The summed E-state index contributed by atoms with van der Waals surface area (Å²) in [4.78, 5) is 20.3. The van der Waals surface area contributed by atoms with Gasteiger partial charge in [0.15, 0.2) is 6.29 Å². The zero-order valence-electron chi connectivity index (χ0n) is 12.7. The summed E-state index contributed by atoms with van der Waals surface area (Å²) in [6.07, 6.45) is 6.62. The molecule has 0 saturated heterocycles. The first-order chi connectivity index (χ1) is 10.4. The topological polar surface area (TPSA) is 128 Å². The number of aromatic carboxylic acids is 2. The number of unbranched alkanes of at least 4 members (excludes halogenated alkanes) is 5. The van der Waals surface area contributed by atoms with Gasteiger partial charge >= 0.3 is 11.9 Å². The van der Waals surface area contributed by atoms with Crippen LogP contribution < -0.4 is 0 Å².